The number of fused-ring (bicyclic) bond motifs is 4. The van der Waals surface area contributed by atoms with Crippen LogP contribution in [0.3, 0.4) is 0 Å². The number of nitrogens with zero attached hydrogens (tertiary/aromatic N) is 1. The van der Waals surface area contributed by atoms with Crippen molar-refractivity contribution in [1.29, 1.82) is 0 Å². The molecular weight excluding hydrogens is 735 g/mol. The molecule has 0 aliphatic rings. The van der Waals surface area contributed by atoms with Crippen LogP contribution in [0, 0.1) is 0 Å². The van der Waals surface area contributed by atoms with Crippen LogP contribution in [0.25, 0.3) is 88.0 Å². The van der Waals surface area contributed by atoms with Crippen LogP contribution in [0.15, 0.2) is 249 Å². The Kier molecular flexibility index (Phi) is 9.26. The lowest BCUT2D eigenvalue weighted by atomic mass is 9.85. The van der Waals surface area contributed by atoms with Crippen LogP contribution in [0.4, 0.5) is 17.1 Å². The third-order valence-corrected chi connectivity index (χ3v) is 12.1. The molecule has 1 heteroatoms. The number of rotatable bonds is 8. The standard InChI is InChI=1S/C60H41N/c1-3-16-42(17-4-1)44-32-36-50(37-33-44)61(51-38-34-45(35-39-51)48-31-30-43-18-7-8-21-47(43)40-48)59-29-15-28-57(60(59)56-27-14-11-23-52(56)46-19-5-2-6-20-46)58-41-49-22-9-10-24-53(49)54-25-12-13-26-55(54)58/h1-41H. The van der Waals surface area contributed by atoms with Gasteiger partial charge in [0.15, 0.2) is 0 Å². The van der Waals surface area contributed by atoms with Crippen molar-refractivity contribution < 1.29 is 0 Å². The van der Waals surface area contributed by atoms with Gasteiger partial charge in [0, 0.05) is 16.9 Å². The van der Waals surface area contributed by atoms with E-state index in [1.165, 1.54) is 88.0 Å². The summed E-state index contributed by atoms with van der Waals surface area (Å²) < 4.78 is 0. The van der Waals surface area contributed by atoms with Crippen molar-refractivity contribution in [1.82, 2.24) is 0 Å². The summed E-state index contributed by atoms with van der Waals surface area (Å²) >= 11 is 0. The van der Waals surface area contributed by atoms with Crippen LogP contribution in [0.2, 0.25) is 0 Å². The molecule has 11 aromatic rings. The average Bonchev–Trinajstić information content (AvgIpc) is 3.34. The third-order valence-electron chi connectivity index (χ3n) is 12.1. The molecule has 61 heavy (non-hydrogen) atoms. The summed E-state index contributed by atoms with van der Waals surface area (Å²) in [5.74, 6) is 0. The average molecular weight is 776 g/mol. The molecule has 0 spiro atoms. The van der Waals surface area contributed by atoms with Gasteiger partial charge in [0.25, 0.3) is 0 Å². The SMILES string of the molecule is c1ccc(-c2ccc(N(c3ccc(-c4ccc5ccccc5c4)cc3)c3cccc(-c4cc5ccccc5c5ccccc45)c3-c3ccccc3-c3ccccc3)cc2)cc1. The van der Waals surface area contributed by atoms with E-state index < -0.39 is 0 Å². The van der Waals surface area contributed by atoms with Crippen LogP contribution in [-0.2, 0) is 0 Å². The van der Waals surface area contributed by atoms with E-state index in [9.17, 15) is 0 Å². The van der Waals surface area contributed by atoms with Crippen molar-refractivity contribution in [2.45, 2.75) is 0 Å². The van der Waals surface area contributed by atoms with Crippen molar-refractivity contribution in [3.63, 3.8) is 0 Å². The van der Waals surface area contributed by atoms with Crippen LogP contribution in [-0.4, -0.2) is 0 Å². The lowest BCUT2D eigenvalue weighted by molar-refractivity contribution is 1.28. The molecule has 0 N–H and O–H groups in total. The summed E-state index contributed by atoms with van der Waals surface area (Å²) in [4.78, 5) is 2.45. The largest absolute Gasteiger partial charge is 0.310 e. The van der Waals surface area contributed by atoms with E-state index in [0.717, 1.165) is 17.1 Å². The summed E-state index contributed by atoms with van der Waals surface area (Å²) in [5.41, 5.74) is 15.1. The highest BCUT2D eigenvalue weighted by molar-refractivity contribution is 6.16. The molecule has 0 aliphatic heterocycles. The molecule has 0 radical (unpaired) electrons. The summed E-state index contributed by atoms with van der Waals surface area (Å²) in [6.45, 7) is 0. The maximum atomic E-state index is 2.45. The van der Waals surface area contributed by atoms with E-state index >= 15 is 0 Å². The smallest absolute Gasteiger partial charge is 0.0546 e. The minimum Gasteiger partial charge on any atom is -0.310 e. The molecule has 0 aromatic heterocycles. The maximum Gasteiger partial charge on any atom is 0.0546 e. The molecule has 286 valence electrons. The van der Waals surface area contributed by atoms with Gasteiger partial charge >= 0.3 is 0 Å². The van der Waals surface area contributed by atoms with E-state index in [1.807, 2.05) is 0 Å². The Morgan fingerprint density at radius 1 is 0.230 bits per heavy atom. The first-order valence-corrected chi connectivity index (χ1v) is 21.0. The summed E-state index contributed by atoms with van der Waals surface area (Å²) in [6.07, 6.45) is 0. The molecule has 0 amide bonds. The lowest BCUT2D eigenvalue weighted by Crippen LogP contribution is -2.12. The minimum absolute atomic E-state index is 1.08. The molecule has 0 saturated heterocycles. The highest BCUT2D eigenvalue weighted by Gasteiger charge is 2.24. The number of benzene rings is 11. The van der Waals surface area contributed by atoms with Crippen molar-refractivity contribution in [2.75, 3.05) is 4.90 Å². The Hall–Kier alpha value is -8.00. The molecule has 11 rings (SSSR count). The Morgan fingerprint density at radius 2 is 0.721 bits per heavy atom. The first-order chi connectivity index (χ1) is 30.3. The highest BCUT2D eigenvalue weighted by Crippen LogP contribution is 2.50. The van der Waals surface area contributed by atoms with Crippen molar-refractivity contribution >= 4 is 49.4 Å². The zero-order chi connectivity index (χ0) is 40.5. The zero-order valence-corrected chi connectivity index (χ0v) is 33.6. The molecule has 0 saturated carbocycles. The number of hydrogen-bond donors (Lipinski definition) is 0. The second-order valence-corrected chi connectivity index (χ2v) is 15.7. The molecular formula is C60H41N. The van der Waals surface area contributed by atoms with Gasteiger partial charge in [-0.25, -0.2) is 0 Å². The highest BCUT2D eigenvalue weighted by atomic mass is 15.1. The van der Waals surface area contributed by atoms with E-state index in [1.54, 1.807) is 0 Å². The summed E-state index contributed by atoms with van der Waals surface area (Å²) in [6, 6.07) is 90.6. The van der Waals surface area contributed by atoms with E-state index in [0.29, 0.717) is 0 Å². The molecule has 0 atom stereocenters. The van der Waals surface area contributed by atoms with E-state index in [-0.39, 0.29) is 0 Å². The monoisotopic (exact) mass is 775 g/mol. The quantitative estimate of drug-likeness (QED) is 0.139. The topological polar surface area (TPSA) is 3.24 Å². The predicted octanol–water partition coefficient (Wildman–Crippen LogP) is 17.0. The molecule has 0 bridgehead atoms. The van der Waals surface area contributed by atoms with Crippen LogP contribution >= 0.6 is 0 Å². The Balaban J connectivity index is 1.18. The molecule has 1 nitrogen and oxygen atoms in total. The van der Waals surface area contributed by atoms with Crippen LogP contribution in [0.1, 0.15) is 0 Å². The molecule has 0 aliphatic carbocycles. The first-order valence-electron chi connectivity index (χ1n) is 21.0. The Morgan fingerprint density at radius 3 is 1.43 bits per heavy atom. The van der Waals surface area contributed by atoms with Crippen LogP contribution in [0.5, 0.6) is 0 Å². The van der Waals surface area contributed by atoms with Crippen molar-refractivity contribution in [3.05, 3.63) is 249 Å². The van der Waals surface area contributed by atoms with Crippen molar-refractivity contribution in [2.24, 2.45) is 0 Å². The van der Waals surface area contributed by atoms with Crippen molar-refractivity contribution in [3.8, 4) is 55.6 Å². The van der Waals surface area contributed by atoms with Gasteiger partial charge in [0.2, 0.25) is 0 Å². The first kappa shape index (κ1) is 36.1. The number of anilines is 3. The predicted molar refractivity (Wildman–Crippen MR) is 261 cm³/mol. The van der Waals surface area contributed by atoms with Gasteiger partial charge < -0.3 is 4.90 Å². The zero-order valence-electron chi connectivity index (χ0n) is 33.6. The van der Waals surface area contributed by atoms with Gasteiger partial charge in [-0.3, -0.25) is 0 Å². The van der Waals surface area contributed by atoms with Gasteiger partial charge in [0.1, 0.15) is 0 Å². The Bertz CT molecular complexity index is 3330. The molecule has 11 aromatic carbocycles. The fourth-order valence-corrected chi connectivity index (χ4v) is 9.11. The maximum absolute atomic E-state index is 2.45. The van der Waals surface area contributed by atoms with E-state index in [2.05, 4.69) is 254 Å². The summed E-state index contributed by atoms with van der Waals surface area (Å²) in [5, 5.41) is 7.45. The van der Waals surface area contributed by atoms with Gasteiger partial charge in [-0.1, -0.05) is 206 Å². The third kappa shape index (κ3) is 6.73. The molecule has 0 heterocycles. The van der Waals surface area contributed by atoms with Gasteiger partial charge in [-0.2, -0.15) is 0 Å². The van der Waals surface area contributed by atoms with Gasteiger partial charge in [-0.15, -0.1) is 0 Å². The summed E-state index contributed by atoms with van der Waals surface area (Å²) in [7, 11) is 0. The fourth-order valence-electron chi connectivity index (χ4n) is 9.11. The lowest BCUT2D eigenvalue weighted by Gasteiger charge is -2.30. The minimum atomic E-state index is 1.08. The molecule has 0 fully saturated rings. The normalized spacial score (nSPS) is 11.3. The second-order valence-electron chi connectivity index (χ2n) is 15.7. The fraction of sp³-hybridized carbons (Fsp3) is 0. The number of hydrogen-bond acceptors (Lipinski definition) is 1. The molecule has 0 unspecified atom stereocenters. The van der Waals surface area contributed by atoms with Crippen LogP contribution < -0.4 is 4.90 Å². The Labute approximate surface area is 357 Å². The van der Waals surface area contributed by atoms with E-state index in [4.69, 9.17) is 0 Å². The van der Waals surface area contributed by atoms with Gasteiger partial charge in [0.05, 0.1) is 5.69 Å². The van der Waals surface area contributed by atoms with Gasteiger partial charge in [-0.05, 0) is 125 Å². The second kappa shape index (κ2) is 15.6.